The van der Waals surface area contributed by atoms with E-state index in [2.05, 4.69) is 72.7 Å². The van der Waals surface area contributed by atoms with Crippen molar-refractivity contribution in [1.82, 2.24) is 0 Å². The zero-order valence-electron chi connectivity index (χ0n) is 7.84. The molecular weight excluding hydrogens is 435 g/mol. The van der Waals surface area contributed by atoms with E-state index in [0.29, 0.717) is 0 Å². The van der Waals surface area contributed by atoms with Gasteiger partial charge >= 0.3 is 0 Å². The summed E-state index contributed by atoms with van der Waals surface area (Å²) in [7, 11) is 0. The van der Waals surface area contributed by atoms with Gasteiger partial charge in [0.05, 0.1) is 8.04 Å². The van der Waals surface area contributed by atoms with Crippen molar-refractivity contribution in [3.63, 3.8) is 0 Å². The van der Waals surface area contributed by atoms with Gasteiger partial charge in [-0.05, 0) is 69.6 Å². The van der Waals surface area contributed by atoms with Crippen LogP contribution in [0, 0.1) is 3.57 Å². The minimum Gasteiger partial charge on any atom is -0.484 e. The molecule has 1 aliphatic rings. The van der Waals surface area contributed by atoms with E-state index >= 15 is 0 Å². The summed E-state index contributed by atoms with van der Waals surface area (Å²) in [5.41, 5.74) is 0. The Morgan fingerprint density at radius 2 is 2.13 bits per heavy atom. The third-order valence-corrected chi connectivity index (χ3v) is 4.05. The Bertz CT molecular complexity index is 381. The van der Waals surface area contributed by atoms with Gasteiger partial charge < -0.3 is 4.74 Å². The maximum Gasteiger partial charge on any atom is 0.147 e. The lowest BCUT2D eigenvalue weighted by Crippen LogP contribution is -2.11. The zero-order chi connectivity index (χ0) is 10.8. The van der Waals surface area contributed by atoms with Gasteiger partial charge in [-0.1, -0.05) is 22.0 Å². The van der Waals surface area contributed by atoms with Crippen molar-refractivity contribution in [3.8, 4) is 5.75 Å². The van der Waals surface area contributed by atoms with Gasteiger partial charge in [-0.15, -0.1) is 0 Å². The number of benzene rings is 1. The van der Waals surface area contributed by atoms with E-state index in [1.165, 1.54) is 0 Å². The first-order valence-corrected chi connectivity index (χ1v) is 7.31. The minimum atomic E-state index is 0.232. The highest BCUT2D eigenvalue weighted by atomic mass is 127. The van der Waals surface area contributed by atoms with Crippen LogP contribution in [0.2, 0.25) is 0 Å². The van der Waals surface area contributed by atoms with E-state index in [0.717, 1.165) is 31.1 Å². The van der Waals surface area contributed by atoms with Gasteiger partial charge in [0.25, 0.3) is 0 Å². The smallest absolute Gasteiger partial charge is 0.147 e. The summed E-state index contributed by atoms with van der Waals surface area (Å²) in [6.07, 6.45) is 6.74. The lowest BCUT2D eigenvalue weighted by Gasteiger charge is -2.15. The molecule has 15 heavy (non-hydrogen) atoms. The molecule has 4 heteroatoms. The van der Waals surface area contributed by atoms with Crippen LogP contribution in [0.15, 0.2) is 33.2 Å². The number of rotatable bonds is 2. The first kappa shape index (κ1) is 11.9. The van der Waals surface area contributed by atoms with Gasteiger partial charge in [-0.3, -0.25) is 0 Å². The Balaban J connectivity index is 2.23. The van der Waals surface area contributed by atoms with Crippen molar-refractivity contribution in [2.45, 2.75) is 18.9 Å². The molecule has 1 aliphatic carbocycles. The molecule has 0 amide bonds. The molecule has 0 spiro atoms. The van der Waals surface area contributed by atoms with Gasteiger partial charge in [-0.2, -0.15) is 0 Å². The van der Waals surface area contributed by atoms with Gasteiger partial charge in [0, 0.05) is 4.47 Å². The summed E-state index contributed by atoms with van der Waals surface area (Å²) in [6.45, 7) is 0. The van der Waals surface area contributed by atoms with E-state index < -0.39 is 0 Å². The number of hydrogen-bond acceptors (Lipinski definition) is 1. The molecule has 1 atom stereocenters. The summed E-state index contributed by atoms with van der Waals surface area (Å²) in [5, 5.41) is 0. The van der Waals surface area contributed by atoms with Crippen LogP contribution < -0.4 is 4.74 Å². The third-order valence-electron chi connectivity index (χ3n) is 2.20. The largest absolute Gasteiger partial charge is 0.484 e. The molecule has 0 saturated heterocycles. The molecular formula is C11H9Br2IO. The van der Waals surface area contributed by atoms with Crippen LogP contribution in [0.3, 0.4) is 0 Å². The quantitative estimate of drug-likeness (QED) is 0.466. The molecule has 0 aromatic heterocycles. The Labute approximate surface area is 120 Å². The van der Waals surface area contributed by atoms with E-state index in [-0.39, 0.29) is 6.10 Å². The number of ether oxygens (including phenoxy) is 1. The van der Waals surface area contributed by atoms with Crippen LogP contribution >= 0.6 is 54.5 Å². The minimum absolute atomic E-state index is 0.232. The van der Waals surface area contributed by atoms with Crippen LogP contribution in [-0.2, 0) is 0 Å². The maximum atomic E-state index is 5.93. The van der Waals surface area contributed by atoms with Gasteiger partial charge in [-0.25, -0.2) is 0 Å². The lowest BCUT2D eigenvalue weighted by atomic mass is 10.3. The highest BCUT2D eigenvalue weighted by Gasteiger charge is 2.15. The molecule has 0 N–H and O–H groups in total. The monoisotopic (exact) mass is 442 g/mol. The Kier molecular flexibility index (Phi) is 4.12. The Morgan fingerprint density at radius 1 is 1.33 bits per heavy atom. The topological polar surface area (TPSA) is 9.23 Å². The second-order valence-corrected chi connectivity index (χ2v) is 6.29. The highest BCUT2D eigenvalue weighted by molar-refractivity contribution is 14.1. The summed E-state index contributed by atoms with van der Waals surface area (Å²) >= 11 is 9.27. The predicted molar refractivity (Wildman–Crippen MR) is 77.3 cm³/mol. The molecule has 0 fully saturated rings. The normalized spacial score (nSPS) is 19.5. The second-order valence-electron chi connectivity index (χ2n) is 3.36. The lowest BCUT2D eigenvalue weighted by molar-refractivity contribution is 0.245. The number of halogens is 3. The fourth-order valence-corrected chi connectivity index (χ4v) is 4.37. The molecule has 1 nitrogen and oxygen atoms in total. The molecule has 0 heterocycles. The fourth-order valence-electron chi connectivity index (χ4n) is 1.50. The summed E-state index contributed by atoms with van der Waals surface area (Å²) in [4.78, 5) is 0. The van der Waals surface area contributed by atoms with E-state index in [1.807, 2.05) is 6.07 Å². The first-order valence-electron chi connectivity index (χ1n) is 4.64. The van der Waals surface area contributed by atoms with Gasteiger partial charge in [0.2, 0.25) is 0 Å². The molecule has 2 rings (SSSR count). The summed E-state index contributed by atoms with van der Waals surface area (Å²) in [5.74, 6) is 0.940. The van der Waals surface area contributed by atoms with Crippen LogP contribution in [0.4, 0.5) is 0 Å². The molecule has 1 unspecified atom stereocenters. The average molecular weight is 444 g/mol. The standard InChI is InChI=1S/C11H9Br2IO/c12-7-5-9(13)11(10(14)6-7)15-8-3-1-2-4-8/h1,3,5-6,8H,2,4H2. The molecule has 0 bridgehead atoms. The molecule has 0 radical (unpaired) electrons. The third kappa shape index (κ3) is 2.97. The van der Waals surface area contributed by atoms with Crippen LogP contribution in [0.5, 0.6) is 5.75 Å². The van der Waals surface area contributed by atoms with E-state index in [1.54, 1.807) is 0 Å². The number of hydrogen-bond donors (Lipinski definition) is 0. The molecule has 1 aromatic rings. The fraction of sp³-hybridized carbons (Fsp3) is 0.273. The summed E-state index contributed by atoms with van der Waals surface area (Å²) in [6, 6.07) is 4.06. The van der Waals surface area contributed by atoms with Crippen molar-refractivity contribution in [2.75, 3.05) is 0 Å². The zero-order valence-corrected chi connectivity index (χ0v) is 13.2. The second kappa shape index (κ2) is 5.19. The highest BCUT2D eigenvalue weighted by Crippen LogP contribution is 2.35. The predicted octanol–water partition coefficient (Wildman–Crippen LogP) is 4.91. The van der Waals surface area contributed by atoms with Crippen molar-refractivity contribution in [1.29, 1.82) is 0 Å². The maximum absolute atomic E-state index is 5.93. The molecule has 80 valence electrons. The molecule has 1 aromatic carbocycles. The van der Waals surface area contributed by atoms with Crippen LogP contribution in [0.1, 0.15) is 12.8 Å². The molecule has 0 saturated carbocycles. The first-order chi connectivity index (χ1) is 7.16. The van der Waals surface area contributed by atoms with Crippen molar-refractivity contribution >= 4 is 54.5 Å². The van der Waals surface area contributed by atoms with Crippen molar-refractivity contribution < 1.29 is 4.74 Å². The van der Waals surface area contributed by atoms with Crippen molar-refractivity contribution in [2.24, 2.45) is 0 Å². The van der Waals surface area contributed by atoms with E-state index in [9.17, 15) is 0 Å². The Hall–Kier alpha value is 0.450. The van der Waals surface area contributed by atoms with Crippen LogP contribution in [0.25, 0.3) is 0 Å². The van der Waals surface area contributed by atoms with Gasteiger partial charge in [0.15, 0.2) is 0 Å². The average Bonchev–Trinajstić information content (AvgIpc) is 2.63. The molecule has 0 aliphatic heterocycles. The van der Waals surface area contributed by atoms with Crippen LogP contribution in [-0.4, -0.2) is 6.10 Å². The SMILES string of the molecule is Brc1cc(Br)c(OC2C=CCC2)c(I)c1. The Morgan fingerprint density at radius 3 is 2.73 bits per heavy atom. The summed E-state index contributed by atoms with van der Waals surface area (Å²) < 4.78 is 9.11. The van der Waals surface area contributed by atoms with Gasteiger partial charge in [0.1, 0.15) is 11.9 Å². The number of allylic oxidation sites excluding steroid dienone is 1. The van der Waals surface area contributed by atoms with Crippen molar-refractivity contribution in [3.05, 3.63) is 36.8 Å². The van der Waals surface area contributed by atoms with E-state index in [4.69, 9.17) is 4.74 Å².